The number of alkyl halides is 6. The lowest BCUT2D eigenvalue weighted by Crippen LogP contribution is -2.54. The molecule has 0 saturated carbocycles. The van der Waals surface area contributed by atoms with Crippen molar-refractivity contribution in [3.63, 3.8) is 0 Å². The molecule has 1 fully saturated rings. The number of rotatable bonds is 12. The monoisotopic (exact) mass is 740 g/mol. The van der Waals surface area contributed by atoms with Crippen molar-refractivity contribution < 1.29 is 56.0 Å². The Morgan fingerprint density at radius 2 is 1.26 bits per heavy atom. The van der Waals surface area contributed by atoms with E-state index in [2.05, 4.69) is 5.32 Å². The van der Waals surface area contributed by atoms with Gasteiger partial charge in [-0.15, -0.1) is 0 Å². The number of nitrogens with zero attached hydrogens (tertiary/aromatic N) is 1. The zero-order valence-corrected chi connectivity index (χ0v) is 28.1. The molecular weight excluding hydrogens is 706 g/mol. The van der Waals surface area contributed by atoms with Gasteiger partial charge in [-0.1, -0.05) is 91.0 Å². The van der Waals surface area contributed by atoms with E-state index in [1.54, 1.807) is 60.7 Å². The number of phenols is 2. The van der Waals surface area contributed by atoms with Crippen molar-refractivity contribution in [2.75, 3.05) is 13.2 Å². The summed E-state index contributed by atoms with van der Waals surface area (Å²) in [6, 6.07) is 21.1. The lowest BCUT2D eigenvalue weighted by Gasteiger charge is -2.33. The first-order valence-corrected chi connectivity index (χ1v) is 16.3. The third-order valence-corrected chi connectivity index (χ3v) is 8.74. The minimum atomic E-state index is -6.13. The summed E-state index contributed by atoms with van der Waals surface area (Å²) in [5, 5.41) is 32.5. The van der Waals surface area contributed by atoms with E-state index in [4.69, 9.17) is 4.74 Å². The van der Waals surface area contributed by atoms with Gasteiger partial charge >= 0.3 is 18.4 Å². The second-order valence-corrected chi connectivity index (χ2v) is 12.4. The van der Waals surface area contributed by atoms with Gasteiger partial charge in [0.2, 0.25) is 0 Å². The van der Waals surface area contributed by atoms with Crippen LogP contribution in [0.5, 0.6) is 17.2 Å². The summed E-state index contributed by atoms with van der Waals surface area (Å²) in [4.78, 5) is 27.1. The van der Waals surface area contributed by atoms with Gasteiger partial charge in [-0.3, -0.25) is 9.69 Å². The number of benzene rings is 4. The highest BCUT2D eigenvalue weighted by Crippen LogP contribution is 2.51. The highest BCUT2D eigenvalue weighted by atomic mass is 19.4. The molecule has 1 unspecified atom stereocenters. The maximum absolute atomic E-state index is 14.1. The molecule has 4 aromatic rings. The molecule has 5 rings (SSSR count). The van der Waals surface area contributed by atoms with Gasteiger partial charge in [-0.05, 0) is 60.7 Å². The number of nitrogens with one attached hydrogen (secondary N) is 1. The maximum Gasteiger partial charge on any atom is 0.430 e. The fraction of sp³-hybridized carbons (Fsp3) is 0.231. The summed E-state index contributed by atoms with van der Waals surface area (Å²) in [6.07, 6.45) is -6.36. The van der Waals surface area contributed by atoms with E-state index in [1.165, 1.54) is 43.4 Å². The number of imide groups is 1. The van der Waals surface area contributed by atoms with Crippen LogP contribution in [0.25, 0.3) is 24.3 Å². The molecule has 8 nitrogen and oxygen atoms in total. The normalized spacial score (nSPS) is 16.9. The zero-order chi connectivity index (χ0) is 38.6. The Morgan fingerprint density at radius 1 is 0.736 bits per heavy atom. The van der Waals surface area contributed by atoms with E-state index in [0.717, 1.165) is 11.0 Å². The van der Waals surface area contributed by atoms with Crippen LogP contribution in [0, 0.1) is 0 Å². The van der Waals surface area contributed by atoms with Gasteiger partial charge in [0, 0.05) is 23.2 Å². The highest BCUT2D eigenvalue weighted by Gasteiger charge is 2.71. The minimum Gasteiger partial charge on any atom is -0.504 e. The summed E-state index contributed by atoms with van der Waals surface area (Å²) >= 11 is 0. The lowest BCUT2D eigenvalue weighted by molar-refractivity contribution is -0.376. The molecule has 0 bridgehead atoms. The van der Waals surface area contributed by atoms with E-state index in [9.17, 15) is 51.3 Å². The molecule has 0 radical (unpaired) electrons. The van der Waals surface area contributed by atoms with E-state index in [0.29, 0.717) is 23.3 Å². The van der Waals surface area contributed by atoms with Crippen molar-refractivity contribution in [2.45, 2.75) is 43.3 Å². The molecule has 4 aromatic carbocycles. The van der Waals surface area contributed by atoms with Gasteiger partial charge < -0.3 is 25.4 Å². The largest absolute Gasteiger partial charge is 0.504 e. The van der Waals surface area contributed by atoms with Crippen LogP contribution in [-0.4, -0.2) is 57.7 Å². The molecular formula is C39H34F6N2O6. The molecule has 0 spiro atoms. The molecule has 1 heterocycles. The Bertz CT molecular complexity index is 1930. The van der Waals surface area contributed by atoms with E-state index < -0.39 is 52.5 Å². The molecule has 3 amide bonds. The van der Waals surface area contributed by atoms with Gasteiger partial charge in [0.1, 0.15) is 11.3 Å². The molecule has 53 heavy (non-hydrogen) atoms. The molecule has 0 aliphatic carbocycles. The summed E-state index contributed by atoms with van der Waals surface area (Å²) < 4.78 is 90.5. The van der Waals surface area contributed by atoms with Crippen LogP contribution in [0.15, 0.2) is 91.0 Å². The topological polar surface area (TPSA) is 119 Å². The van der Waals surface area contributed by atoms with Crippen LogP contribution < -0.4 is 10.1 Å². The first-order chi connectivity index (χ1) is 25.0. The Morgan fingerprint density at radius 3 is 1.75 bits per heavy atom. The average Bonchev–Trinajstić information content (AvgIpc) is 3.34. The second-order valence-electron chi connectivity index (χ2n) is 12.4. The minimum absolute atomic E-state index is 0.0711. The lowest BCUT2D eigenvalue weighted by atomic mass is 9.88. The third kappa shape index (κ3) is 8.02. The number of ether oxygens (including phenoxy) is 1. The number of hydrogen-bond donors (Lipinski definition) is 4. The summed E-state index contributed by atoms with van der Waals surface area (Å²) in [6.45, 7) is 1.24. The van der Waals surface area contributed by atoms with E-state index >= 15 is 0 Å². The Kier molecular flexibility index (Phi) is 10.9. The smallest absolute Gasteiger partial charge is 0.430 e. The number of hydrogen-bond acceptors (Lipinski definition) is 6. The summed E-state index contributed by atoms with van der Waals surface area (Å²) in [5.74, 6) is -1.58. The Labute approximate surface area is 300 Å². The SMILES string of the molecule is CC1(c2ccc(O)c(O)c2)NC(=O)N(CCCCOc2c(/C=C/c3ccccc3)cc(C(O)(C(F)(F)F)C(F)(F)F)cc2/C=C/c2ccccc2)C1=O. The predicted molar refractivity (Wildman–Crippen MR) is 185 cm³/mol. The first-order valence-electron chi connectivity index (χ1n) is 16.3. The highest BCUT2D eigenvalue weighted by molar-refractivity contribution is 6.07. The van der Waals surface area contributed by atoms with Crippen molar-refractivity contribution in [2.24, 2.45) is 0 Å². The number of carbonyl (C=O) groups is 2. The van der Waals surface area contributed by atoms with Crippen molar-refractivity contribution in [1.82, 2.24) is 10.2 Å². The molecule has 1 aliphatic rings. The summed E-state index contributed by atoms with van der Waals surface area (Å²) in [7, 11) is 0. The number of aliphatic hydroxyl groups is 1. The molecule has 1 atom stereocenters. The Hall–Kier alpha value is -5.76. The number of phenolic OH excluding ortho intramolecular Hbond substituents is 2. The number of unbranched alkanes of at least 4 members (excludes halogenated alkanes) is 1. The molecule has 278 valence electrons. The van der Waals surface area contributed by atoms with Crippen LogP contribution in [0.1, 0.15) is 53.1 Å². The number of amides is 3. The zero-order valence-electron chi connectivity index (χ0n) is 28.1. The fourth-order valence-electron chi connectivity index (χ4n) is 5.76. The summed E-state index contributed by atoms with van der Waals surface area (Å²) in [5.41, 5.74) is -7.19. The number of halogens is 6. The van der Waals surface area contributed by atoms with Crippen LogP contribution >= 0.6 is 0 Å². The molecule has 1 aliphatic heterocycles. The number of aromatic hydroxyl groups is 2. The van der Waals surface area contributed by atoms with Crippen molar-refractivity contribution >= 4 is 36.2 Å². The van der Waals surface area contributed by atoms with Gasteiger partial charge in [0.15, 0.2) is 11.5 Å². The number of urea groups is 1. The standard InChI is InChI=1S/C39H34F6N2O6/c1-36(29-18-19-31(48)32(49)24-29)34(50)47(35(51)46-36)20-8-9-21-53-33-27(16-14-25-10-4-2-5-11-25)22-30(37(52,38(40,41)42)39(43,44)45)23-28(33)17-15-26-12-6-3-7-13-26/h2-7,10-19,22-24,48-49,52H,8-9,20-21H2,1H3,(H,46,51)/b16-14+,17-15+. The number of carbonyl (C=O) groups excluding carboxylic acids is 2. The second kappa shape index (κ2) is 15.1. The van der Waals surface area contributed by atoms with Crippen LogP contribution in [0.2, 0.25) is 0 Å². The predicted octanol–water partition coefficient (Wildman–Crippen LogP) is 8.38. The van der Waals surface area contributed by atoms with Crippen molar-refractivity contribution in [1.29, 1.82) is 0 Å². The van der Waals surface area contributed by atoms with Crippen molar-refractivity contribution in [3.8, 4) is 17.2 Å². The first kappa shape index (κ1) is 38.5. The molecule has 4 N–H and O–H groups in total. The van der Waals surface area contributed by atoms with Gasteiger partial charge in [-0.2, -0.15) is 26.3 Å². The maximum atomic E-state index is 14.1. The van der Waals surface area contributed by atoms with E-state index in [1.807, 2.05) is 0 Å². The van der Waals surface area contributed by atoms with Crippen molar-refractivity contribution in [3.05, 3.63) is 124 Å². The fourth-order valence-corrected chi connectivity index (χ4v) is 5.76. The van der Waals surface area contributed by atoms with Crippen LogP contribution in [0.3, 0.4) is 0 Å². The molecule has 0 aromatic heterocycles. The van der Waals surface area contributed by atoms with Crippen LogP contribution in [0.4, 0.5) is 31.1 Å². The van der Waals surface area contributed by atoms with Gasteiger partial charge in [0.25, 0.3) is 11.5 Å². The quantitative estimate of drug-likeness (QED) is 0.0381. The van der Waals surface area contributed by atoms with Crippen LogP contribution in [-0.2, 0) is 15.9 Å². The van der Waals surface area contributed by atoms with Gasteiger partial charge in [-0.25, -0.2) is 4.79 Å². The molecule has 1 saturated heterocycles. The third-order valence-electron chi connectivity index (χ3n) is 8.74. The van der Waals surface area contributed by atoms with E-state index in [-0.39, 0.29) is 48.4 Å². The average molecular weight is 741 g/mol. The Balaban J connectivity index is 1.45. The molecule has 14 heteroatoms. The van der Waals surface area contributed by atoms with Gasteiger partial charge in [0.05, 0.1) is 6.61 Å².